The molecule has 0 aromatic heterocycles. The number of ether oxygens (including phenoxy) is 1. The highest BCUT2D eigenvalue weighted by molar-refractivity contribution is 5.78. The van der Waals surface area contributed by atoms with Gasteiger partial charge in [-0.15, -0.1) is 0 Å². The topological polar surface area (TPSA) is 66.8 Å². The number of carboxylic acid groups (broad SMARTS) is 1. The predicted octanol–water partition coefficient (Wildman–Crippen LogP) is 0.735. The Morgan fingerprint density at radius 1 is 1.38 bits per heavy atom. The van der Waals surface area contributed by atoms with Crippen molar-refractivity contribution in [3.8, 4) is 0 Å². The van der Waals surface area contributed by atoms with Gasteiger partial charge >= 0.3 is 5.97 Å². The van der Waals surface area contributed by atoms with Gasteiger partial charge in [-0.25, -0.2) is 4.79 Å². The lowest BCUT2D eigenvalue weighted by molar-refractivity contribution is -0.146. The van der Waals surface area contributed by atoms with Crippen LogP contribution in [-0.2, 0) is 14.3 Å². The van der Waals surface area contributed by atoms with Crippen LogP contribution in [0, 0.1) is 5.92 Å². The summed E-state index contributed by atoms with van der Waals surface area (Å²) in [5.41, 5.74) is 0. The minimum absolute atomic E-state index is 0.0996. The van der Waals surface area contributed by atoms with Crippen molar-refractivity contribution < 1.29 is 19.4 Å². The van der Waals surface area contributed by atoms with E-state index >= 15 is 0 Å². The molecule has 16 heavy (non-hydrogen) atoms. The van der Waals surface area contributed by atoms with Crippen molar-refractivity contribution >= 4 is 11.9 Å². The third-order valence-corrected chi connectivity index (χ3v) is 2.32. The molecular weight excluding hydrogens is 210 g/mol. The number of carbonyl (C=O) groups is 2. The molecular formula is C11H19NO4. The van der Waals surface area contributed by atoms with E-state index in [2.05, 4.69) is 13.8 Å². The molecule has 0 aromatic rings. The van der Waals surface area contributed by atoms with Crippen LogP contribution in [0.1, 0.15) is 26.7 Å². The van der Waals surface area contributed by atoms with Crippen molar-refractivity contribution in [2.45, 2.75) is 32.7 Å². The second-order valence-electron chi connectivity index (χ2n) is 4.56. The van der Waals surface area contributed by atoms with Crippen molar-refractivity contribution in [3.63, 3.8) is 0 Å². The van der Waals surface area contributed by atoms with Gasteiger partial charge in [0.2, 0.25) is 5.91 Å². The zero-order valence-electron chi connectivity index (χ0n) is 9.81. The molecule has 0 heterocycles. The second-order valence-corrected chi connectivity index (χ2v) is 4.56. The Bertz CT molecular complexity index is 261. The fraction of sp³-hybridized carbons (Fsp3) is 0.818. The maximum atomic E-state index is 11.7. The largest absolute Gasteiger partial charge is 0.480 e. The van der Waals surface area contributed by atoms with Crippen molar-refractivity contribution in [2.75, 3.05) is 19.8 Å². The molecule has 0 radical (unpaired) electrons. The summed E-state index contributed by atoms with van der Waals surface area (Å²) in [5, 5.41) is 8.38. The second kappa shape index (κ2) is 5.84. The van der Waals surface area contributed by atoms with E-state index in [9.17, 15) is 9.59 Å². The highest BCUT2D eigenvalue weighted by Gasteiger charge is 2.32. The first-order valence-electron chi connectivity index (χ1n) is 5.59. The van der Waals surface area contributed by atoms with Gasteiger partial charge in [-0.1, -0.05) is 13.8 Å². The Hall–Kier alpha value is -1.10. The number of hydrogen-bond donors (Lipinski definition) is 1. The molecule has 0 aromatic carbocycles. The average molecular weight is 229 g/mol. The van der Waals surface area contributed by atoms with Gasteiger partial charge in [0, 0.05) is 12.6 Å². The third kappa shape index (κ3) is 4.61. The van der Waals surface area contributed by atoms with Gasteiger partial charge < -0.3 is 14.7 Å². The van der Waals surface area contributed by atoms with E-state index in [1.807, 2.05) is 4.90 Å². The van der Waals surface area contributed by atoms with Gasteiger partial charge in [0.25, 0.3) is 0 Å². The maximum absolute atomic E-state index is 11.7. The first kappa shape index (κ1) is 13.0. The summed E-state index contributed by atoms with van der Waals surface area (Å²) in [5.74, 6) is -0.726. The van der Waals surface area contributed by atoms with Crippen molar-refractivity contribution in [1.82, 2.24) is 4.90 Å². The van der Waals surface area contributed by atoms with Gasteiger partial charge in [-0.2, -0.15) is 0 Å². The molecule has 0 aliphatic heterocycles. The molecule has 5 heteroatoms. The lowest BCUT2D eigenvalue weighted by atomic mass is 10.2. The number of amides is 1. The predicted molar refractivity (Wildman–Crippen MR) is 58.0 cm³/mol. The summed E-state index contributed by atoms with van der Waals surface area (Å²) < 4.78 is 4.81. The Morgan fingerprint density at radius 3 is 2.44 bits per heavy atom. The van der Waals surface area contributed by atoms with E-state index in [-0.39, 0.29) is 12.5 Å². The smallest absolute Gasteiger partial charge is 0.329 e. The first-order chi connectivity index (χ1) is 7.50. The molecule has 1 N–H and O–H groups in total. The van der Waals surface area contributed by atoms with E-state index < -0.39 is 12.6 Å². The average Bonchev–Trinajstić information content (AvgIpc) is 2.96. The lowest BCUT2D eigenvalue weighted by Crippen LogP contribution is -2.38. The fourth-order valence-electron chi connectivity index (χ4n) is 1.54. The molecule has 1 saturated carbocycles. The summed E-state index contributed by atoms with van der Waals surface area (Å²) in [6, 6.07) is 0.350. The van der Waals surface area contributed by atoms with Crippen LogP contribution in [0.2, 0.25) is 0 Å². The van der Waals surface area contributed by atoms with Crippen LogP contribution in [0.15, 0.2) is 0 Å². The van der Waals surface area contributed by atoms with Crippen molar-refractivity contribution in [2.24, 2.45) is 5.92 Å². The minimum Gasteiger partial charge on any atom is -0.480 e. The molecule has 1 aliphatic rings. The van der Waals surface area contributed by atoms with Crippen LogP contribution in [0.25, 0.3) is 0 Å². The van der Waals surface area contributed by atoms with Crippen LogP contribution in [0.5, 0.6) is 0 Å². The molecule has 1 amide bonds. The Morgan fingerprint density at radius 2 is 2.00 bits per heavy atom. The molecule has 0 bridgehead atoms. The number of rotatable bonds is 7. The number of hydrogen-bond acceptors (Lipinski definition) is 3. The summed E-state index contributed by atoms with van der Waals surface area (Å²) >= 11 is 0. The summed E-state index contributed by atoms with van der Waals surface area (Å²) in [4.78, 5) is 23.8. The molecule has 0 saturated heterocycles. The van der Waals surface area contributed by atoms with E-state index in [1.54, 1.807) is 0 Å². The Kier molecular flexibility index (Phi) is 4.73. The van der Waals surface area contributed by atoms with Crippen LogP contribution < -0.4 is 0 Å². The highest BCUT2D eigenvalue weighted by atomic mass is 16.5. The summed E-state index contributed by atoms with van der Waals surface area (Å²) in [6.07, 6.45) is 2.11. The molecule has 92 valence electrons. The van der Waals surface area contributed by atoms with Gasteiger partial charge in [-0.05, 0) is 18.8 Å². The van der Waals surface area contributed by atoms with Crippen LogP contribution in [0.3, 0.4) is 0 Å². The summed E-state index contributed by atoms with van der Waals surface area (Å²) in [7, 11) is 0. The van der Waals surface area contributed by atoms with Gasteiger partial charge in [-0.3, -0.25) is 4.79 Å². The molecule has 5 nitrogen and oxygen atoms in total. The quantitative estimate of drug-likeness (QED) is 0.699. The SMILES string of the molecule is CC(C)CN(C(=O)COCC(=O)O)C1CC1. The van der Waals surface area contributed by atoms with Crippen LogP contribution >= 0.6 is 0 Å². The van der Waals surface area contributed by atoms with E-state index in [0.717, 1.165) is 19.4 Å². The molecule has 0 spiro atoms. The number of carbonyl (C=O) groups excluding carboxylic acids is 1. The van der Waals surface area contributed by atoms with Crippen LogP contribution in [-0.4, -0.2) is 47.7 Å². The maximum Gasteiger partial charge on any atom is 0.329 e. The van der Waals surface area contributed by atoms with Crippen molar-refractivity contribution in [1.29, 1.82) is 0 Å². The van der Waals surface area contributed by atoms with Gasteiger partial charge in [0.15, 0.2) is 0 Å². The van der Waals surface area contributed by atoms with Gasteiger partial charge in [0.1, 0.15) is 13.2 Å². The first-order valence-corrected chi connectivity index (χ1v) is 5.59. The van der Waals surface area contributed by atoms with Crippen molar-refractivity contribution in [3.05, 3.63) is 0 Å². The normalized spacial score (nSPS) is 15.2. The molecule has 1 fully saturated rings. The van der Waals surface area contributed by atoms with Crippen LogP contribution in [0.4, 0.5) is 0 Å². The standard InChI is InChI=1S/C11H19NO4/c1-8(2)5-12(9-3-4-9)10(13)6-16-7-11(14)15/h8-9H,3-7H2,1-2H3,(H,14,15). The van der Waals surface area contributed by atoms with E-state index in [1.165, 1.54) is 0 Å². The number of carboxylic acids is 1. The molecule has 0 atom stereocenters. The molecule has 0 unspecified atom stereocenters. The zero-order chi connectivity index (χ0) is 12.1. The number of nitrogens with zero attached hydrogens (tertiary/aromatic N) is 1. The zero-order valence-corrected chi connectivity index (χ0v) is 9.81. The summed E-state index contributed by atoms with van der Waals surface area (Å²) in [6.45, 7) is 4.29. The minimum atomic E-state index is -1.05. The number of aliphatic carboxylic acids is 1. The van der Waals surface area contributed by atoms with E-state index in [4.69, 9.17) is 9.84 Å². The lowest BCUT2D eigenvalue weighted by Gasteiger charge is -2.24. The third-order valence-electron chi connectivity index (χ3n) is 2.32. The highest BCUT2D eigenvalue weighted by Crippen LogP contribution is 2.27. The Labute approximate surface area is 95.4 Å². The monoisotopic (exact) mass is 229 g/mol. The Balaban J connectivity index is 2.32. The molecule has 1 rings (SSSR count). The van der Waals surface area contributed by atoms with E-state index in [0.29, 0.717) is 12.0 Å². The molecule has 1 aliphatic carbocycles. The van der Waals surface area contributed by atoms with Gasteiger partial charge in [0.05, 0.1) is 0 Å². The fourth-order valence-corrected chi connectivity index (χ4v) is 1.54.